The molecule has 0 bridgehead atoms. The monoisotopic (exact) mass is 246 g/mol. The van der Waals surface area contributed by atoms with Gasteiger partial charge in [-0.05, 0) is 19.3 Å². The standard InChI is InChI=1S/C10H18N2O3S/c1-2-9-10(13)12(7-11-9)6-8-4-3-5-16(8,14)15/h8-9,11H,2-7H2,1H3. The Balaban J connectivity index is 1.99. The zero-order valence-corrected chi connectivity index (χ0v) is 10.3. The summed E-state index contributed by atoms with van der Waals surface area (Å²) < 4.78 is 23.3. The molecule has 2 fully saturated rings. The number of hydrogen-bond acceptors (Lipinski definition) is 4. The normalized spacial score (nSPS) is 33.6. The van der Waals surface area contributed by atoms with Crippen molar-refractivity contribution in [3.8, 4) is 0 Å². The van der Waals surface area contributed by atoms with Crippen LogP contribution < -0.4 is 5.32 Å². The van der Waals surface area contributed by atoms with Crippen LogP contribution in [0.2, 0.25) is 0 Å². The van der Waals surface area contributed by atoms with Crippen LogP contribution >= 0.6 is 0 Å². The topological polar surface area (TPSA) is 66.5 Å². The molecule has 1 N–H and O–H groups in total. The summed E-state index contributed by atoms with van der Waals surface area (Å²) in [5.74, 6) is 0.328. The summed E-state index contributed by atoms with van der Waals surface area (Å²) in [4.78, 5) is 13.4. The van der Waals surface area contributed by atoms with Crippen LogP contribution in [0.3, 0.4) is 0 Å². The van der Waals surface area contributed by atoms with Gasteiger partial charge < -0.3 is 4.90 Å². The Kier molecular flexibility index (Phi) is 3.21. The number of carbonyl (C=O) groups is 1. The van der Waals surface area contributed by atoms with Gasteiger partial charge in [-0.15, -0.1) is 0 Å². The molecule has 0 radical (unpaired) electrons. The van der Waals surface area contributed by atoms with Crippen molar-refractivity contribution in [1.82, 2.24) is 10.2 Å². The van der Waals surface area contributed by atoms with Crippen LogP contribution in [-0.2, 0) is 14.6 Å². The molecule has 1 amide bonds. The highest BCUT2D eigenvalue weighted by Crippen LogP contribution is 2.22. The molecule has 0 aromatic rings. The lowest BCUT2D eigenvalue weighted by Crippen LogP contribution is -2.37. The lowest BCUT2D eigenvalue weighted by atomic mass is 10.2. The maximum Gasteiger partial charge on any atom is 0.240 e. The summed E-state index contributed by atoms with van der Waals surface area (Å²) in [6.45, 7) is 2.80. The van der Waals surface area contributed by atoms with E-state index >= 15 is 0 Å². The van der Waals surface area contributed by atoms with Crippen LogP contribution in [0, 0.1) is 0 Å². The van der Waals surface area contributed by atoms with Gasteiger partial charge in [0.25, 0.3) is 0 Å². The first-order chi connectivity index (χ1) is 7.54. The molecular weight excluding hydrogens is 228 g/mol. The number of carbonyl (C=O) groups excluding carboxylic acids is 1. The van der Waals surface area contributed by atoms with Gasteiger partial charge in [-0.25, -0.2) is 8.42 Å². The minimum atomic E-state index is -2.94. The lowest BCUT2D eigenvalue weighted by Gasteiger charge is -2.19. The molecule has 2 heterocycles. The van der Waals surface area contributed by atoms with E-state index in [-0.39, 0.29) is 23.0 Å². The smallest absolute Gasteiger partial charge is 0.240 e. The summed E-state index contributed by atoms with van der Waals surface area (Å²) in [5, 5.41) is 2.75. The van der Waals surface area contributed by atoms with E-state index in [2.05, 4.69) is 5.32 Å². The van der Waals surface area contributed by atoms with Crippen LogP contribution in [0.4, 0.5) is 0 Å². The summed E-state index contributed by atoms with van der Waals surface area (Å²) >= 11 is 0. The predicted molar refractivity (Wildman–Crippen MR) is 60.6 cm³/mol. The minimum Gasteiger partial charge on any atom is -0.327 e. The average Bonchev–Trinajstić information content (AvgIpc) is 2.73. The maximum absolute atomic E-state index is 11.8. The SMILES string of the molecule is CCC1NCN(CC2CCCS2(=O)=O)C1=O. The zero-order valence-electron chi connectivity index (χ0n) is 9.48. The Hall–Kier alpha value is -0.620. The molecule has 6 heteroatoms. The third-order valence-electron chi connectivity index (χ3n) is 3.43. The highest BCUT2D eigenvalue weighted by Gasteiger charge is 2.37. The molecule has 2 aliphatic rings. The summed E-state index contributed by atoms with van der Waals surface area (Å²) in [5.41, 5.74) is 0. The van der Waals surface area contributed by atoms with Crippen molar-refractivity contribution in [2.75, 3.05) is 19.0 Å². The molecule has 5 nitrogen and oxygen atoms in total. The van der Waals surface area contributed by atoms with Gasteiger partial charge in [0.05, 0.1) is 23.7 Å². The van der Waals surface area contributed by atoms with E-state index in [4.69, 9.17) is 0 Å². The molecule has 2 atom stereocenters. The molecule has 0 saturated carbocycles. The fourth-order valence-corrected chi connectivity index (χ4v) is 4.22. The molecule has 92 valence electrons. The fourth-order valence-electron chi connectivity index (χ4n) is 2.39. The Morgan fingerprint density at radius 3 is 2.75 bits per heavy atom. The molecule has 2 unspecified atom stereocenters. The van der Waals surface area contributed by atoms with Crippen molar-refractivity contribution in [3.63, 3.8) is 0 Å². The van der Waals surface area contributed by atoms with Crippen LogP contribution in [0.25, 0.3) is 0 Å². The molecule has 16 heavy (non-hydrogen) atoms. The number of hydrogen-bond donors (Lipinski definition) is 1. The second-order valence-corrected chi connectivity index (χ2v) is 6.92. The van der Waals surface area contributed by atoms with Gasteiger partial charge in [0.15, 0.2) is 9.84 Å². The number of rotatable bonds is 3. The van der Waals surface area contributed by atoms with Crippen molar-refractivity contribution >= 4 is 15.7 Å². The van der Waals surface area contributed by atoms with Crippen LogP contribution in [-0.4, -0.2) is 49.5 Å². The van der Waals surface area contributed by atoms with Gasteiger partial charge in [-0.2, -0.15) is 0 Å². The van der Waals surface area contributed by atoms with Crippen molar-refractivity contribution < 1.29 is 13.2 Å². The summed E-state index contributed by atoms with van der Waals surface area (Å²) in [6.07, 6.45) is 2.19. The Labute approximate surface area is 96.1 Å². The lowest BCUT2D eigenvalue weighted by molar-refractivity contribution is -0.128. The number of nitrogens with zero attached hydrogens (tertiary/aromatic N) is 1. The van der Waals surface area contributed by atoms with Crippen LogP contribution in [0.5, 0.6) is 0 Å². The molecule has 0 spiro atoms. The van der Waals surface area contributed by atoms with Gasteiger partial charge in [-0.1, -0.05) is 6.92 Å². The first kappa shape index (κ1) is 11.9. The van der Waals surface area contributed by atoms with Crippen LogP contribution in [0.15, 0.2) is 0 Å². The summed E-state index contributed by atoms with van der Waals surface area (Å²) in [7, 11) is -2.94. The zero-order chi connectivity index (χ0) is 11.8. The molecule has 0 aliphatic carbocycles. The van der Waals surface area contributed by atoms with Gasteiger partial charge in [0, 0.05) is 6.54 Å². The van der Waals surface area contributed by atoms with E-state index in [9.17, 15) is 13.2 Å². The van der Waals surface area contributed by atoms with Crippen molar-refractivity contribution in [1.29, 1.82) is 0 Å². The molecule has 0 aromatic heterocycles. The summed E-state index contributed by atoms with van der Waals surface area (Å²) in [6, 6.07) is -0.121. The van der Waals surface area contributed by atoms with Gasteiger partial charge in [-0.3, -0.25) is 10.1 Å². The molecule has 2 rings (SSSR count). The second kappa shape index (κ2) is 4.33. The highest BCUT2D eigenvalue weighted by molar-refractivity contribution is 7.92. The maximum atomic E-state index is 11.8. The van der Waals surface area contributed by atoms with Crippen molar-refractivity contribution in [2.45, 2.75) is 37.5 Å². The fraction of sp³-hybridized carbons (Fsp3) is 0.900. The first-order valence-electron chi connectivity index (χ1n) is 5.78. The van der Waals surface area contributed by atoms with E-state index in [0.29, 0.717) is 19.6 Å². The Morgan fingerprint density at radius 1 is 1.50 bits per heavy atom. The largest absolute Gasteiger partial charge is 0.327 e. The number of amides is 1. The third-order valence-corrected chi connectivity index (χ3v) is 5.69. The minimum absolute atomic E-state index is 0.0459. The predicted octanol–water partition coefficient (Wildman–Crippen LogP) is -0.268. The van der Waals surface area contributed by atoms with Crippen molar-refractivity contribution in [3.05, 3.63) is 0 Å². The van der Waals surface area contributed by atoms with Gasteiger partial charge >= 0.3 is 0 Å². The van der Waals surface area contributed by atoms with E-state index in [1.807, 2.05) is 6.92 Å². The highest BCUT2D eigenvalue weighted by atomic mass is 32.2. The molecule has 2 aliphatic heterocycles. The quantitative estimate of drug-likeness (QED) is 0.744. The van der Waals surface area contributed by atoms with Crippen LogP contribution in [0.1, 0.15) is 26.2 Å². The van der Waals surface area contributed by atoms with Gasteiger partial charge in [0.2, 0.25) is 5.91 Å². The first-order valence-corrected chi connectivity index (χ1v) is 7.50. The Morgan fingerprint density at radius 2 is 2.25 bits per heavy atom. The second-order valence-electron chi connectivity index (χ2n) is 4.51. The van der Waals surface area contributed by atoms with E-state index in [1.165, 1.54) is 0 Å². The molecular formula is C10H18N2O3S. The van der Waals surface area contributed by atoms with E-state index in [0.717, 1.165) is 12.8 Å². The molecule has 2 saturated heterocycles. The third kappa shape index (κ3) is 2.08. The van der Waals surface area contributed by atoms with Gasteiger partial charge in [0.1, 0.15) is 0 Å². The van der Waals surface area contributed by atoms with E-state index in [1.54, 1.807) is 4.90 Å². The van der Waals surface area contributed by atoms with E-state index < -0.39 is 9.84 Å². The number of nitrogens with one attached hydrogen (secondary N) is 1. The average molecular weight is 246 g/mol. The van der Waals surface area contributed by atoms with Crippen molar-refractivity contribution in [2.24, 2.45) is 0 Å². The number of sulfone groups is 1. The Bertz CT molecular complexity index is 380. The molecule has 0 aromatic carbocycles.